The first kappa shape index (κ1) is 20.1. The second-order valence-electron chi connectivity index (χ2n) is 7.58. The van der Waals surface area contributed by atoms with Gasteiger partial charge in [0.05, 0.1) is 16.7 Å². The molecule has 4 aromatic rings. The van der Waals surface area contributed by atoms with Crippen molar-refractivity contribution in [1.29, 1.82) is 0 Å². The first-order valence-corrected chi connectivity index (χ1v) is 11.2. The molecular weight excluding hydrogens is 396 g/mol. The molecular formula is C23H24N4O2S. The van der Waals surface area contributed by atoms with Crippen molar-refractivity contribution in [3.8, 4) is 11.3 Å². The van der Waals surface area contributed by atoms with E-state index in [4.69, 9.17) is 4.98 Å². The van der Waals surface area contributed by atoms with Crippen LogP contribution in [-0.2, 0) is 17.1 Å². The molecule has 0 fully saturated rings. The molecule has 0 unspecified atom stereocenters. The predicted molar refractivity (Wildman–Crippen MR) is 120 cm³/mol. The van der Waals surface area contributed by atoms with Gasteiger partial charge >= 0.3 is 0 Å². The van der Waals surface area contributed by atoms with E-state index in [0.29, 0.717) is 11.5 Å². The molecule has 6 nitrogen and oxygen atoms in total. The zero-order chi connectivity index (χ0) is 21.5. The Morgan fingerprint density at radius 2 is 1.67 bits per heavy atom. The predicted octanol–water partition coefficient (Wildman–Crippen LogP) is 4.58. The Labute approximate surface area is 176 Å². The number of imidazole rings is 1. The lowest BCUT2D eigenvalue weighted by Gasteiger charge is -2.20. The normalized spacial score (nSPS) is 11.9. The molecule has 0 N–H and O–H groups in total. The molecule has 0 amide bonds. The summed E-state index contributed by atoms with van der Waals surface area (Å²) in [7, 11) is -0.316. The topological polar surface area (TPSA) is 68.1 Å². The smallest absolute Gasteiger partial charge is 0.265 e. The van der Waals surface area contributed by atoms with Crippen molar-refractivity contribution >= 4 is 26.9 Å². The van der Waals surface area contributed by atoms with E-state index >= 15 is 0 Å². The molecule has 30 heavy (non-hydrogen) atoms. The van der Waals surface area contributed by atoms with Crippen LogP contribution >= 0.6 is 0 Å². The number of aromatic nitrogens is 3. The molecule has 154 valence electrons. The summed E-state index contributed by atoms with van der Waals surface area (Å²) in [6, 6.07) is 18.2. The van der Waals surface area contributed by atoms with Crippen LogP contribution in [0.4, 0.5) is 5.82 Å². The van der Waals surface area contributed by atoms with Gasteiger partial charge in [-0.3, -0.25) is 4.31 Å². The number of hydrogen-bond donors (Lipinski definition) is 0. The third-order valence-corrected chi connectivity index (χ3v) is 7.04. The fraction of sp³-hybridized carbons (Fsp3) is 0.217. The standard InChI is InChI=1S/C23H24N4O2S/c1-16(2)18-12-8-9-13-19(18)22-23-20(26(3)15-24-23)14-21(25-22)27(4)30(28,29)17-10-6-5-7-11-17/h5-16H,1-4H3. The molecule has 4 rings (SSSR count). The van der Waals surface area contributed by atoms with Crippen LogP contribution in [-0.4, -0.2) is 30.0 Å². The molecule has 2 heterocycles. The highest BCUT2D eigenvalue weighted by atomic mass is 32.2. The Kier molecular flexibility index (Phi) is 5.07. The largest absolute Gasteiger partial charge is 0.334 e. The summed E-state index contributed by atoms with van der Waals surface area (Å²) in [5, 5.41) is 0. The minimum absolute atomic E-state index is 0.225. The Hall–Kier alpha value is -3.19. The molecule has 7 heteroatoms. The van der Waals surface area contributed by atoms with Crippen molar-refractivity contribution in [2.45, 2.75) is 24.7 Å². The fourth-order valence-electron chi connectivity index (χ4n) is 3.55. The number of benzene rings is 2. The van der Waals surface area contributed by atoms with Crippen LogP contribution < -0.4 is 4.31 Å². The molecule has 0 saturated carbocycles. The van der Waals surface area contributed by atoms with Crippen molar-refractivity contribution in [3.63, 3.8) is 0 Å². The van der Waals surface area contributed by atoms with Crippen LogP contribution in [0.5, 0.6) is 0 Å². The SMILES string of the molecule is CC(C)c1ccccc1-c1nc(N(C)S(=O)(=O)c2ccccc2)cc2c1ncn2C. The fourth-order valence-corrected chi connectivity index (χ4v) is 4.71. The summed E-state index contributed by atoms with van der Waals surface area (Å²) >= 11 is 0. The van der Waals surface area contributed by atoms with Gasteiger partial charge in [0.1, 0.15) is 17.0 Å². The van der Waals surface area contributed by atoms with Gasteiger partial charge in [-0.1, -0.05) is 56.3 Å². The molecule has 2 aromatic heterocycles. The Morgan fingerprint density at radius 1 is 1.00 bits per heavy atom. The lowest BCUT2D eigenvalue weighted by atomic mass is 9.94. The summed E-state index contributed by atoms with van der Waals surface area (Å²) in [4.78, 5) is 9.56. The number of pyridine rings is 1. The summed E-state index contributed by atoms with van der Waals surface area (Å²) in [5.74, 6) is 0.639. The number of aryl methyl sites for hydroxylation is 1. The van der Waals surface area contributed by atoms with Crippen LogP contribution in [0.15, 0.2) is 71.9 Å². The third kappa shape index (κ3) is 3.35. The van der Waals surface area contributed by atoms with E-state index in [1.54, 1.807) is 42.7 Å². The molecule has 0 aliphatic rings. The highest BCUT2D eigenvalue weighted by Gasteiger charge is 2.25. The number of sulfonamides is 1. The lowest BCUT2D eigenvalue weighted by Crippen LogP contribution is -2.27. The Morgan fingerprint density at radius 3 is 2.37 bits per heavy atom. The van der Waals surface area contributed by atoms with Crippen molar-refractivity contribution in [2.75, 3.05) is 11.4 Å². The average Bonchev–Trinajstić information content (AvgIpc) is 3.14. The number of anilines is 1. The molecule has 0 bridgehead atoms. The maximum Gasteiger partial charge on any atom is 0.265 e. The number of fused-ring (bicyclic) bond motifs is 1. The maximum atomic E-state index is 13.2. The molecule has 2 aromatic carbocycles. The van der Waals surface area contributed by atoms with Gasteiger partial charge in [0.2, 0.25) is 0 Å². The molecule has 0 aliphatic carbocycles. The van der Waals surface area contributed by atoms with Crippen molar-refractivity contribution in [2.24, 2.45) is 7.05 Å². The van der Waals surface area contributed by atoms with E-state index in [9.17, 15) is 8.42 Å². The van der Waals surface area contributed by atoms with E-state index < -0.39 is 10.0 Å². The minimum atomic E-state index is -3.74. The zero-order valence-electron chi connectivity index (χ0n) is 17.4. The lowest BCUT2D eigenvalue weighted by molar-refractivity contribution is 0.594. The minimum Gasteiger partial charge on any atom is -0.334 e. The quantitative estimate of drug-likeness (QED) is 0.474. The van der Waals surface area contributed by atoms with Gasteiger partial charge in [-0.2, -0.15) is 0 Å². The molecule has 0 radical (unpaired) electrons. The van der Waals surface area contributed by atoms with Crippen LogP contribution in [0, 0.1) is 0 Å². The van der Waals surface area contributed by atoms with Gasteiger partial charge < -0.3 is 4.57 Å². The van der Waals surface area contributed by atoms with E-state index in [-0.39, 0.29) is 10.8 Å². The van der Waals surface area contributed by atoms with Crippen LogP contribution in [0.25, 0.3) is 22.3 Å². The van der Waals surface area contributed by atoms with Gasteiger partial charge in [-0.25, -0.2) is 18.4 Å². The summed E-state index contributed by atoms with van der Waals surface area (Å²) in [6.07, 6.45) is 1.73. The maximum absolute atomic E-state index is 13.2. The summed E-state index contributed by atoms with van der Waals surface area (Å²) in [5.41, 5.74) is 4.36. The number of nitrogens with zero attached hydrogens (tertiary/aromatic N) is 4. The van der Waals surface area contributed by atoms with E-state index in [1.807, 2.05) is 29.8 Å². The van der Waals surface area contributed by atoms with Crippen molar-refractivity contribution in [1.82, 2.24) is 14.5 Å². The van der Waals surface area contributed by atoms with Gasteiger partial charge in [0.15, 0.2) is 0 Å². The van der Waals surface area contributed by atoms with Gasteiger partial charge in [-0.05, 0) is 23.6 Å². The van der Waals surface area contributed by atoms with Gasteiger partial charge in [0.25, 0.3) is 10.0 Å². The van der Waals surface area contributed by atoms with Crippen molar-refractivity contribution < 1.29 is 8.42 Å². The first-order chi connectivity index (χ1) is 14.3. The summed E-state index contributed by atoms with van der Waals surface area (Å²) < 4.78 is 29.5. The second-order valence-corrected chi connectivity index (χ2v) is 9.55. The molecule has 0 atom stereocenters. The zero-order valence-corrected chi connectivity index (χ0v) is 18.3. The second kappa shape index (κ2) is 7.57. The Bertz CT molecular complexity index is 1310. The van der Waals surface area contributed by atoms with E-state index in [2.05, 4.69) is 24.9 Å². The number of hydrogen-bond acceptors (Lipinski definition) is 4. The first-order valence-electron chi connectivity index (χ1n) is 9.76. The van der Waals surface area contributed by atoms with Crippen LogP contribution in [0.3, 0.4) is 0 Å². The Balaban J connectivity index is 1.95. The van der Waals surface area contributed by atoms with E-state index in [0.717, 1.165) is 22.2 Å². The van der Waals surface area contributed by atoms with Crippen molar-refractivity contribution in [3.05, 3.63) is 72.6 Å². The monoisotopic (exact) mass is 420 g/mol. The highest BCUT2D eigenvalue weighted by molar-refractivity contribution is 7.92. The highest BCUT2D eigenvalue weighted by Crippen LogP contribution is 2.34. The van der Waals surface area contributed by atoms with E-state index in [1.165, 1.54) is 11.4 Å². The molecule has 0 saturated heterocycles. The molecule has 0 aliphatic heterocycles. The van der Waals surface area contributed by atoms with Gasteiger partial charge in [-0.15, -0.1) is 0 Å². The number of rotatable bonds is 5. The third-order valence-electron chi connectivity index (χ3n) is 5.26. The molecule has 0 spiro atoms. The van der Waals surface area contributed by atoms with Gasteiger partial charge in [0, 0.05) is 25.7 Å². The summed E-state index contributed by atoms with van der Waals surface area (Å²) in [6.45, 7) is 4.26. The van der Waals surface area contributed by atoms with Crippen LogP contribution in [0.2, 0.25) is 0 Å². The average molecular weight is 421 g/mol. The van der Waals surface area contributed by atoms with Crippen LogP contribution in [0.1, 0.15) is 25.3 Å².